The largest absolute Gasteiger partial charge is 0.478 e. The molecule has 0 atom stereocenters. The lowest BCUT2D eigenvalue weighted by Crippen LogP contribution is -2.11. The van der Waals surface area contributed by atoms with E-state index in [0.717, 1.165) is 4.88 Å². The Hall–Kier alpha value is -1.73. The number of carboxylic acids is 1. The summed E-state index contributed by atoms with van der Waals surface area (Å²) in [5.41, 5.74) is 1.66. The summed E-state index contributed by atoms with van der Waals surface area (Å²) in [4.78, 5) is 27.8. The van der Waals surface area contributed by atoms with Crippen LogP contribution in [0.1, 0.15) is 24.9 Å². The van der Waals surface area contributed by atoms with Crippen LogP contribution in [0.5, 0.6) is 0 Å². The van der Waals surface area contributed by atoms with Crippen molar-refractivity contribution in [3.8, 4) is 0 Å². The minimum atomic E-state index is -1.05. The number of rotatable bonds is 3. The van der Waals surface area contributed by atoms with E-state index in [1.54, 1.807) is 12.4 Å². The van der Waals surface area contributed by atoms with Crippen LogP contribution in [0.3, 0.4) is 0 Å². The molecule has 2 N–H and O–H groups in total. The average molecular weight is 268 g/mol. The fourth-order valence-electron chi connectivity index (χ4n) is 1.26. The predicted octanol–water partition coefficient (Wildman–Crippen LogP) is 2.46. The van der Waals surface area contributed by atoms with Crippen molar-refractivity contribution < 1.29 is 14.7 Å². The number of aryl methyl sites for hydroxylation is 1. The van der Waals surface area contributed by atoms with E-state index in [9.17, 15) is 9.59 Å². The maximum Gasteiger partial charge on any atom is 0.338 e. The maximum absolute atomic E-state index is 11.7. The Kier molecular flexibility index (Phi) is 3.21. The first kappa shape index (κ1) is 11.7. The summed E-state index contributed by atoms with van der Waals surface area (Å²) in [6, 6.07) is 1.54. The molecular weight excluding hydrogens is 260 g/mol. The number of hydrogen-bond acceptors (Lipinski definition) is 5. The molecule has 5 nitrogen and oxygen atoms in total. The van der Waals surface area contributed by atoms with Crippen LogP contribution in [-0.4, -0.2) is 22.0 Å². The maximum atomic E-state index is 11.7. The summed E-state index contributed by atoms with van der Waals surface area (Å²) in [5.74, 6) is -1.38. The zero-order valence-corrected chi connectivity index (χ0v) is 10.4. The molecule has 17 heavy (non-hydrogen) atoms. The Bertz CT molecular complexity index is 560. The van der Waals surface area contributed by atoms with Crippen molar-refractivity contribution in [1.29, 1.82) is 0 Å². The van der Waals surface area contributed by atoms with Crippen molar-refractivity contribution in [3.05, 3.63) is 33.1 Å². The molecule has 0 aliphatic carbocycles. The summed E-state index contributed by atoms with van der Waals surface area (Å²) in [5, 5.41) is 11.9. The van der Waals surface area contributed by atoms with Gasteiger partial charge in [0, 0.05) is 4.88 Å². The van der Waals surface area contributed by atoms with Gasteiger partial charge in [-0.2, -0.15) is 0 Å². The van der Waals surface area contributed by atoms with Crippen LogP contribution in [0.15, 0.2) is 17.8 Å². The molecule has 0 aliphatic rings. The molecule has 88 valence electrons. The molecule has 1 amide bonds. The molecule has 0 spiro atoms. The highest BCUT2D eigenvalue weighted by Crippen LogP contribution is 2.28. The average Bonchev–Trinajstić information content (AvgIpc) is 2.86. The molecule has 0 saturated heterocycles. The Morgan fingerprint density at radius 3 is 2.82 bits per heavy atom. The van der Waals surface area contributed by atoms with Gasteiger partial charge in [0.05, 0.1) is 17.3 Å². The van der Waals surface area contributed by atoms with E-state index in [2.05, 4.69) is 10.3 Å². The molecule has 0 fully saturated rings. The second kappa shape index (κ2) is 4.64. The first-order chi connectivity index (χ1) is 8.08. The lowest BCUT2D eigenvalue weighted by atomic mass is 10.3. The summed E-state index contributed by atoms with van der Waals surface area (Å²) in [6.07, 6.45) is 1.45. The van der Waals surface area contributed by atoms with Crippen LogP contribution in [0.4, 0.5) is 5.00 Å². The van der Waals surface area contributed by atoms with Crippen molar-refractivity contribution in [2.75, 3.05) is 5.32 Å². The summed E-state index contributed by atoms with van der Waals surface area (Å²) in [7, 11) is 0. The normalized spacial score (nSPS) is 10.2. The molecule has 0 bridgehead atoms. The summed E-state index contributed by atoms with van der Waals surface area (Å²) in [6.45, 7) is 1.79. The van der Waals surface area contributed by atoms with Gasteiger partial charge in [0.25, 0.3) is 5.91 Å². The smallest absolute Gasteiger partial charge is 0.338 e. The van der Waals surface area contributed by atoms with Crippen molar-refractivity contribution in [2.45, 2.75) is 6.92 Å². The fraction of sp³-hybridized carbons (Fsp3) is 0.100. The summed E-state index contributed by atoms with van der Waals surface area (Å²) < 4.78 is 0. The lowest BCUT2D eigenvalue weighted by Gasteiger charge is -2.01. The molecule has 0 saturated carbocycles. The van der Waals surface area contributed by atoms with Gasteiger partial charge in [0.15, 0.2) is 0 Å². The number of aromatic nitrogens is 1. The van der Waals surface area contributed by atoms with Crippen LogP contribution < -0.4 is 5.32 Å². The SMILES string of the molecule is Cc1cc(C(=O)O)c(NC(=O)c2cncs2)s1. The zero-order valence-electron chi connectivity index (χ0n) is 8.76. The van der Waals surface area contributed by atoms with Crippen LogP contribution in [0.25, 0.3) is 0 Å². The molecule has 0 aliphatic heterocycles. The number of amides is 1. The number of aromatic carboxylic acids is 1. The number of thiophene rings is 1. The minimum absolute atomic E-state index is 0.116. The van der Waals surface area contributed by atoms with Gasteiger partial charge in [0.1, 0.15) is 9.88 Å². The van der Waals surface area contributed by atoms with E-state index in [1.165, 1.54) is 34.9 Å². The third-order valence-electron chi connectivity index (χ3n) is 1.97. The van der Waals surface area contributed by atoms with Gasteiger partial charge < -0.3 is 10.4 Å². The van der Waals surface area contributed by atoms with Crippen LogP contribution in [0.2, 0.25) is 0 Å². The highest BCUT2D eigenvalue weighted by molar-refractivity contribution is 7.17. The quantitative estimate of drug-likeness (QED) is 0.896. The van der Waals surface area contributed by atoms with Gasteiger partial charge in [0.2, 0.25) is 0 Å². The molecule has 2 aromatic rings. The van der Waals surface area contributed by atoms with Crippen LogP contribution in [0, 0.1) is 6.92 Å². The second-order valence-corrected chi connectivity index (χ2v) is 5.37. The number of carbonyl (C=O) groups excluding carboxylic acids is 1. The Labute approximate surface area is 105 Å². The molecule has 2 aromatic heterocycles. The van der Waals surface area contributed by atoms with E-state index in [-0.39, 0.29) is 11.5 Å². The standard InChI is InChI=1S/C10H8N2O3S2/c1-5-2-6(10(14)15)9(17-5)12-8(13)7-3-11-4-16-7/h2-4H,1H3,(H,12,13)(H,14,15). The van der Waals surface area contributed by atoms with Gasteiger partial charge in [-0.1, -0.05) is 0 Å². The van der Waals surface area contributed by atoms with Gasteiger partial charge in [-0.25, -0.2) is 4.79 Å². The second-order valence-electron chi connectivity index (χ2n) is 3.22. The van der Waals surface area contributed by atoms with Gasteiger partial charge in [-0.3, -0.25) is 9.78 Å². The molecule has 0 aromatic carbocycles. The molecule has 0 unspecified atom stereocenters. The van der Waals surface area contributed by atoms with E-state index >= 15 is 0 Å². The monoisotopic (exact) mass is 268 g/mol. The Morgan fingerprint density at radius 1 is 1.47 bits per heavy atom. The molecular formula is C10H8N2O3S2. The van der Waals surface area contributed by atoms with E-state index in [4.69, 9.17) is 5.11 Å². The first-order valence-corrected chi connectivity index (χ1v) is 6.31. The van der Waals surface area contributed by atoms with E-state index in [0.29, 0.717) is 9.88 Å². The minimum Gasteiger partial charge on any atom is -0.478 e. The van der Waals surface area contributed by atoms with Crippen LogP contribution >= 0.6 is 22.7 Å². The van der Waals surface area contributed by atoms with Crippen molar-refractivity contribution >= 4 is 39.6 Å². The number of anilines is 1. The Morgan fingerprint density at radius 2 is 2.24 bits per heavy atom. The predicted molar refractivity (Wildman–Crippen MR) is 66.1 cm³/mol. The summed E-state index contributed by atoms with van der Waals surface area (Å²) >= 11 is 2.45. The van der Waals surface area contributed by atoms with Crippen molar-refractivity contribution in [2.24, 2.45) is 0 Å². The number of thiazole rings is 1. The zero-order chi connectivity index (χ0) is 12.4. The lowest BCUT2D eigenvalue weighted by molar-refractivity contribution is 0.0698. The van der Waals surface area contributed by atoms with Gasteiger partial charge in [-0.15, -0.1) is 22.7 Å². The third-order valence-corrected chi connectivity index (χ3v) is 3.71. The number of carboxylic acid groups (broad SMARTS) is 1. The number of hydrogen-bond donors (Lipinski definition) is 2. The number of nitrogens with zero attached hydrogens (tertiary/aromatic N) is 1. The highest BCUT2D eigenvalue weighted by Gasteiger charge is 2.17. The van der Waals surface area contributed by atoms with Crippen molar-refractivity contribution in [3.63, 3.8) is 0 Å². The topological polar surface area (TPSA) is 79.3 Å². The van der Waals surface area contributed by atoms with Crippen molar-refractivity contribution in [1.82, 2.24) is 4.98 Å². The van der Waals surface area contributed by atoms with E-state index < -0.39 is 5.97 Å². The van der Waals surface area contributed by atoms with Crippen LogP contribution in [-0.2, 0) is 0 Å². The first-order valence-electron chi connectivity index (χ1n) is 4.61. The van der Waals surface area contributed by atoms with E-state index in [1.807, 2.05) is 0 Å². The number of nitrogens with one attached hydrogen (secondary N) is 1. The molecule has 2 heterocycles. The van der Waals surface area contributed by atoms with Gasteiger partial charge in [-0.05, 0) is 13.0 Å². The Balaban J connectivity index is 2.24. The fourth-order valence-corrected chi connectivity index (χ4v) is 2.67. The molecule has 7 heteroatoms. The highest BCUT2D eigenvalue weighted by atomic mass is 32.1. The third kappa shape index (κ3) is 2.51. The molecule has 0 radical (unpaired) electrons. The molecule has 2 rings (SSSR count). The van der Waals surface area contributed by atoms with Gasteiger partial charge >= 0.3 is 5.97 Å². The number of carbonyl (C=O) groups is 2.